The maximum absolute atomic E-state index is 14.2. The summed E-state index contributed by atoms with van der Waals surface area (Å²) >= 11 is 1.61. The van der Waals surface area contributed by atoms with Crippen molar-refractivity contribution < 1.29 is 19.1 Å². The lowest BCUT2D eigenvalue weighted by Crippen LogP contribution is -2.54. The van der Waals surface area contributed by atoms with Crippen molar-refractivity contribution in [2.75, 3.05) is 18.6 Å². The first-order chi connectivity index (χ1) is 17.8. The lowest BCUT2D eigenvalue weighted by atomic mass is 9.97. The Morgan fingerprint density at radius 3 is 2.24 bits per heavy atom. The van der Waals surface area contributed by atoms with E-state index in [9.17, 15) is 14.4 Å². The zero-order valence-corrected chi connectivity index (χ0v) is 25.9. The van der Waals surface area contributed by atoms with Gasteiger partial charge in [0.25, 0.3) is 0 Å². The molecule has 3 atom stereocenters. The van der Waals surface area contributed by atoms with Crippen LogP contribution in [-0.2, 0) is 14.3 Å². The zero-order valence-electron chi connectivity index (χ0n) is 25.1. The summed E-state index contributed by atoms with van der Waals surface area (Å²) in [4.78, 5) is 42.4. The van der Waals surface area contributed by atoms with Crippen LogP contribution in [0.25, 0.3) is 0 Å². The third kappa shape index (κ3) is 11.7. The first kappa shape index (κ1) is 33.8. The number of alkyl carbamates (subject to hydrolysis) is 1. The van der Waals surface area contributed by atoms with Crippen LogP contribution in [-0.4, -0.2) is 59.0 Å². The highest BCUT2D eigenvalue weighted by molar-refractivity contribution is 7.98. The summed E-state index contributed by atoms with van der Waals surface area (Å²) in [7, 11) is 0. The number of nitrogens with zero attached hydrogens (tertiary/aromatic N) is 1. The van der Waals surface area contributed by atoms with E-state index in [2.05, 4.69) is 24.5 Å². The van der Waals surface area contributed by atoms with Crippen molar-refractivity contribution >= 4 is 29.7 Å². The molecule has 0 heterocycles. The van der Waals surface area contributed by atoms with Crippen LogP contribution in [0.2, 0.25) is 0 Å². The van der Waals surface area contributed by atoms with Crippen molar-refractivity contribution in [1.29, 1.82) is 0 Å². The molecule has 38 heavy (non-hydrogen) atoms. The Labute approximate surface area is 235 Å². The van der Waals surface area contributed by atoms with Gasteiger partial charge in [-0.3, -0.25) is 9.59 Å². The van der Waals surface area contributed by atoms with E-state index in [0.717, 1.165) is 48.8 Å². The van der Waals surface area contributed by atoms with E-state index in [1.807, 2.05) is 45.2 Å². The highest BCUT2D eigenvalue weighted by Crippen LogP contribution is 2.26. The second kappa shape index (κ2) is 16.7. The van der Waals surface area contributed by atoms with E-state index in [1.54, 1.807) is 37.4 Å². The second-order valence-electron chi connectivity index (χ2n) is 11.2. The fourth-order valence-electron chi connectivity index (χ4n) is 4.28. The Morgan fingerprint density at radius 2 is 1.68 bits per heavy atom. The fraction of sp³-hybridized carbons (Fsp3) is 0.700. The first-order valence-electron chi connectivity index (χ1n) is 14.0. The summed E-state index contributed by atoms with van der Waals surface area (Å²) < 4.78 is 5.47. The van der Waals surface area contributed by atoms with Gasteiger partial charge in [0.1, 0.15) is 17.7 Å². The van der Waals surface area contributed by atoms with Gasteiger partial charge in [0.2, 0.25) is 11.8 Å². The molecule has 7 nitrogen and oxygen atoms in total. The van der Waals surface area contributed by atoms with Crippen LogP contribution < -0.4 is 10.6 Å². The lowest BCUT2D eigenvalue weighted by molar-refractivity contribution is -0.143. The van der Waals surface area contributed by atoms with Gasteiger partial charge in [-0.1, -0.05) is 51.3 Å². The van der Waals surface area contributed by atoms with E-state index in [4.69, 9.17) is 4.74 Å². The minimum atomic E-state index is -0.797. The summed E-state index contributed by atoms with van der Waals surface area (Å²) in [6.45, 7) is 16.0. The van der Waals surface area contributed by atoms with E-state index in [1.165, 1.54) is 0 Å². The largest absolute Gasteiger partial charge is 0.444 e. The van der Waals surface area contributed by atoms with Crippen LogP contribution in [0.5, 0.6) is 0 Å². The van der Waals surface area contributed by atoms with E-state index in [0.29, 0.717) is 18.7 Å². The molecule has 0 aliphatic heterocycles. The molecule has 3 amide bonds. The molecule has 3 unspecified atom stereocenters. The topological polar surface area (TPSA) is 87.7 Å². The number of benzene rings is 1. The predicted octanol–water partition coefficient (Wildman–Crippen LogP) is 6.31. The molecule has 2 N–H and O–H groups in total. The second-order valence-corrected chi connectivity index (χ2v) is 12.1. The number of aryl methyl sites for hydroxylation is 2. The molecular formula is C30H51N3O4S. The number of hydrogen-bond donors (Lipinski definition) is 2. The Hall–Kier alpha value is -2.22. The van der Waals surface area contributed by atoms with Crippen molar-refractivity contribution in [3.8, 4) is 0 Å². The maximum Gasteiger partial charge on any atom is 0.408 e. The van der Waals surface area contributed by atoms with Crippen LogP contribution in [0.15, 0.2) is 18.2 Å². The molecule has 0 fully saturated rings. The number of nitrogens with one attached hydrogen (secondary N) is 2. The molecule has 1 aromatic carbocycles. The average Bonchev–Trinajstić information content (AvgIpc) is 2.81. The fourth-order valence-corrected chi connectivity index (χ4v) is 4.75. The number of hydrogen-bond acceptors (Lipinski definition) is 5. The molecular weight excluding hydrogens is 498 g/mol. The summed E-state index contributed by atoms with van der Waals surface area (Å²) in [5, 5.41) is 5.95. The Kier molecular flexibility index (Phi) is 14.8. The normalized spacial score (nSPS) is 13.8. The number of amides is 3. The average molecular weight is 550 g/mol. The smallest absolute Gasteiger partial charge is 0.408 e. The third-order valence-corrected chi connectivity index (χ3v) is 7.05. The van der Waals surface area contributed by atoms with Gasteiger partial charge in [-0.25, -0.2) is 4.79 Å². The van der Waals surface area contributed by atoms with Crippen molar-refractivity contribution in [3.63, 3.8) is 0 Å². The van der Waals surface area contributed by atoms with Gasteiger partial charge in [-0.15, -0.1) is 0 Å². The van der Waals surface area contributed by atoms with Crippen LogP contribution in [0.3, 0.4) is 0 Å². The molecule has 1 rings (SSSR count). The summed E-state index contributed by atoms with van der Waals surface area (Å²) in [5.41, 5.74) is 2.28. The molecule has 216 valence electrons. The monoisotopic (exact) mass is 549 g/mol. The SMILES string of the molecule is CCCCCN(C(=O)C(CCSC)NC(=O)OC(C)(C)C)C(C(=O)NC(C)CCC)c1ccc(C)c(C)c1. The lowest BCUT2D eigenvalue weighted by Gasteiger charge is -2.35. The zero-order chi connectivity index (χ0) is 28.9. The van der Waals surface area contributed by atoms with Gasteiger partial charge >= 0.3 is 6.09 Å². The molecule has 0 saturated carbocycles. The number of carbonyl (C=O) groups is 3. The Bertz CT molecular complexity index is 900. The van der Waals surface area contributed by atoms with Gasteiger partial charge in [0, 0.05) is 12.6 Å². The quantitative estimate of drug-likeness (QED) is 0.250. The van der Waals surface area contributed by atoms with Gasteiger partial charge in [0.05, 0.1) is 0 Å². The van der Waals surface area contributed by atoms with Gasteiger partial charge < -0.3 is 20.3 Å². The van der Waals surface area contributed by atoms with Crippen molar-refractivity contribution in [3.05, 3.63) is 34.9 Å². The highest BCUT2D eigenvalue weighted by Gasteiger charge is 2.36. The van der Waals surface area contributed by atoms with Crippen molar-refractivity contribution in [2.45, 2.75) is 118 Å². The molecule has 8 heteroatoms. The standard InChI is InChI=1S/C30H51N3O4S/c1-10-12-13-18-33(28(35)25(17-19-38-9)32-29(36)37-30(6,7)8)26(27(34)31-23(5)14-11-2)24-16-15-21(3)22(4)20-24/h15-16,20,23,25-26H,10-14,17-19H2,1-9H3,(H,31,34)(H,32,36). The molecule has 0 aliphatic rings. The number of rotatable bonds is 15. The summed E-state index contributed by atoms with van der Waals surface area (Å²) in [5.74, 6) is 0.228. The molecule has 0 aliphatic carbocycles. The Morgan fingerprint density at radius 1 is 1.00 bits per heavy atom. The minimum absolute atomic E-state index is 0.0127. The molecule has 0 aromatic heterocycles. The molecule has 1 aromatic rings. The molecule has 0 bridgehead atoms. The number of unbranched alkanes of at least 4 members (excludes halogenated alkanes) is 2. The predicted molar refractivity (Wildman–Crippen MR) is 159 cm³/mol. The number of carbonyl (C=O) groups excluding carboxylic acids is 3. The highest BCUT2D eigenvalue weighted by atomic mass is 32.2. The maximum atomic E-state index is 14.2. The van der Waals surface area contributed by atoms with Crippen LogP contribution in [0.4, 0.5) is 4.79 Å². The van der Waals surface area contributed by atoms with Gasteiger partial charge in [-0.2, -0.15) is 11.8 Å². The van der Waals surface area contributed by atoms with Crippen molar-refractivity contribution in [1.82, 2.24) is 15.5 Å². The van der Waals surface area contributed by atoms with Gasteiger partial charge in [-0.05, 0) is 89.5 Å². The number of ether oxygens (including phenoxy) is 1. The van der Waals surface area contributed by atoms with E-state index < -0.39 is 23.8 Å². The third-order valence-electron chi connectivity index (χ3n) is 6.40. The Balaban J connectivity index is 3.52. The minimum Gasteiger partial charge on any atom is -0.444 e. The van der Waals surface area contributed by atoms with Crippen molar-refractivity contribution in [2.24, 2.45) is 0 Å². The van der Waals surface area contributed by atoms with E-state index in [-0.39, 0.29) is 17.9 Å². The first-order valence-corrected chi connectivity index (χ1v) is 15.4. The molecule has 0 saturated heterocycles. The summed E-state index contributed by atoms with van der Waals surface area (Å²) in [6.07, 6.45) is 6.27. The van der Waals surface area contributed by atoms with Crippen LogP contribution >= 0.6 is 11.8 Å². The van der Waals surface area contributed by atoms with Crippen LogP contribution in [0, 0.1) is 13.8 Å². The van der Waals surface area contributed by atoms with Crippen LogP contribution in [0.1, 0.15) is 103 Å². The van der Waals surface area contributed by atoms with Gasteiger partial charge in [0.15, 0.2) is 0 Å². The number of thioether (sulfide) groups is 1. The van der Waals surface area contributed by atoms with E-state index >= 15 is 0 Å². The molecule has 0 radical (unpaired) electrons. The molecule has 0 spiro atoms. The summed E-state index contributed by atoms with van der Waals surface area (Å²) in [6, 6.07) is 4.34.